The lowest BCUT2D eigenvalue weighted by Gasteiger charge is -2.37. The van der Waals surface area contributed by atoms with Crippen molar-refractivity contribution in [1.29, 1.82) is 0 Å². The predicted molar refractivity (Wildman–Crippen MR) is 76.1 cm³/mol. The molecule has 0 aromatic rings. The molecule has 0 aromatic heterocycles. The number of nitrogens with one attached hydrogen (secondary N) is 1. The summed E-state index contributed by atoms with van der Waals surface area (Å²) >= 11 is 0. The average molecular weight is 226 g/mol. The minimum atomic E-state index is 0.584. The van der Waals surface area contributed by atoms with E-state index >= 15 is 0 Å². The molecule has 1 N–H and O–H groups in total. The fourth-order valence-corrected chi connectivity index (χ4v) is 2.50. The van der Waals surface area contributed by atoms with Crippen LogP contribution in [-0.2, 0) is 0 Å². The van der Waals surface area contributed by atoms with Gasteiger partial charge in [-0.3, -0.25) is 0 Å². The van der Waals surface area contributed by atoms with Crippen LogP contribution in [0.25, 0.3) is 0 Å². The summed E-state index contributed by atoms with van der Waals surface area (Å²) in [5.74, 6) is 0. The van der Waals surface area contributed by atoms with E-state index in [9.17, 15) is 0 Å². The van der Waals surface area contributed by atoms with Gasteiger partial charge in [0.2, 0.25) is 6.85 Å². The van der Waals surface area contributed by atoms with E-state index in [1.54, 1.807) is 0 Å². The van der Waals surface area contributed by atoms with Gasteiger partial charge in [0, 0.05) is 6.04 Å². The van der Waals surface area contributed by atoms with E-state index in [-0.39, 0.29) is 0 Å². The zero-order valence-electron chi connectivity index (χ0n) is 12.4. The summed E-state index contributed by atoms with van der Waals surface area (Å²) in [6.07, 6.45) is 3.67. The van der Waals surface area contributed by atoms with E-state index < -0.39 is 0 Å². The van der Waals surface area contributed by atoms with E-state index in [4.69, 9.17) is 0 Å². The van der Waals surface area contributed by atoms with Crippen molar-refractivity contribution < 1.29 is 0 Å². The maximum atomic E-state index is 3.58. The summed E-state index contributed by atoms with van der Waals surface area (Å²) in [4.78, 5) is 2.64. The van der Waals surface area contributed by atoms with E-state index in [0.717, 1.165) is 6.44 Å². The van der Waals surface area contributed by atoms with Gasteiger partial charge in [0.05, 0.1) is 0 Å². The molecule has 0 radical (unpaired) electrons. The van der Waals surface area contributed by atoms with Gasteiger partial charge >= 0.3 is 0 Å². The Morgan fingerprint density at radius 2 is 1.50 bits per heavy atom. The van der Waals surface area contributed by atoms with Gasteiger partial charge in [-0.25, -0.2) is 0 Å². The van der Waals surface area contributed by atoms with E-state index in [2.05, 4.69) is 58.6 Å². The molecule has 0 fully saturated rings. The smallest absolute Gasteiger partial charge is 0.237 e. The normalized spacial score (nSPS) is 12.2. The summed E-state index contributed by atoms with van der Waals surface area (Å²) < 4.78 is 0. The summed E-state index contributed by atoms with van der Waals surface area (Å²) in [6.45, 7) is 16.6. The number of nitrogens with zero attached hydrogens (tertiary/aromatic N) is 1. The van der Waals surface area contributed by atoms with Crippen molar-refractivity contribution in [3.05, 3.63) is 0 Å². The fourth-order valence-electron chi connectivity index (χ4n) is 2.50. The SMILES string of the molecule is CCCB(CNC(C)C)N(C(C)C)C(C)C. The molecule has 0 spiro atoms. The predicted octanol–water partition coefficient (Wildman–Crippen LogP) is 3.04. The van der Waals surface area contributed by atoms with Crippen molar-refractivity contribution in [1.82, 2.24) is 10.1 Å². The van der Waals surface area contributed by atoms with E-state index in [0.29, 0.717) is 25.0 Å². The number of hydrogen-bond acceptors (Lipinski definition) is 2. The highest BCUT2D eigenvalue weighted by Crippen LogP contribution is 2.12. The molecule has 0 rings (SSSR count). The van der Waals surface area contributed by atoms with Crippen LogP contribution in [0, 0.1) is 0 Å². The maximum Gasteiger partial charge on any atom is 0.237 e. The minimum Gasteiger partial charge on any atom is -0.337 e. The highest BCUT2D eigenvalue weighted by atomic mass is 15.1. The van der Waals surface area contributed by atoms with Crippen molar-refractivity contribution in [2.45, 2.75) is 79.3 Å². The van der Waals surface area contributed by atoms with Gasteiger partial charge in [0.1, 0.15) is 0 Å². The zero-order valence-corrected chi connectivity index (χ0v) is 12.4. The average Bonchev–Trinajstić information content (AvgIpc) is 2.13. The highest BCUT2D eigenvalue weighted by Gasteiger charge is 2.26. The molecule has 0 amide bonds. The largest absolute Gasteiger partial charge is 0.337 e. The molecule has 0 atom stereocenters. The molecule has 2 nitrogen and oxygen atoms in total. The summed E-state index contributed by atoms with van der Waals surface area (Å²) in [6, 6.07) is 1.84. The van der Waals surface area contributed by atoms with Crippen molar-refractivity contribution in [2.75, 3.05) is 6.44 Å². The van der Waals surface area contributed by atoms with Crippen LogP contribution in [0.1, 0.15) is 54.9 Å². The molecule has 0 unspecified atom stereocenters. The Morgan fingerprint density at radius 1 is 1.00 bits per heavy atom. The van der Waals surface area contributed by atoms with Crippen molar-refractivity contribution >= 4 is 6.85 Å². The van der Waals surface area contributed by atoms with Gasteiger partial charge in [-0.05, 0) is 18.5 Å². The second-order valence-electron chi connectivity index (χ2n) is 5.64. The third kappa shape index (κ3) is 5.90. The van der Waals surface area contributed by atoms with Crippen molar-refractivity contribution in [2.24, 2.45) is 0 Å². The molecule has 3 heteroatoms. The minimum absolute atomic E-state index is 0.584. The van der Waals surface area contributed by atoms with Gasteiger partial charge in [-0.15, -0.1) is 0 Å². The van der Waals surface area contributed by atoms with Crippen LogP contribution in [0.4, 0.5) is 0 Å². The van der Waals surface area contributed by atoms with Gasteiger partial charge in [0.25, 0.3) is 0 Å². The number of rotatable bonds is 8. The standard InChI is InChI=1S/C13H31BN2/c1-8-9-14(10-15-11(2)3)16(12(4)5)13(6)7/h11-13,15H,8-10H2,1-7H3. The molecule has 0 heterocycles. The highest BCUT2D eigenvalue weighted by molar-refractivity contribution is 6.56. The Labute approximate surface area is 103 Å². The third-order valence-corrected chi connectivity index (χ3v) is 3.00. The Hall–Kier alpha value is -0.0151. The molecule has 0 aromatic carbocycles. The molecule has 0 aliphatic heterocycles. The van der Waals surface area contributed by atoms with Gasteiger partial charge in [-0.2, -0.15) is 0 Å². The molecular formula is C13H31BN2. The first-order chi connectivity index (χ1) is 7.40. The molecular weight excluding hydrogens is 195 g/mol. The molecule has 0 aliphatic rings. The summed E-state index contributed by atoms with van der Waals surface area (Å²) in [5, 5.41) is 3.58. The topological polar surface area (TPSA) is 15.3 Å². The van der Waals surface area contributed by atoms with Crippen LogP contribution in [0.3, 0.4) is 0 Å². The Bertz CT molecular complexity index is 161. The molecule has 0 saturated heterocycles. The van der Waals surface area contributed by atoms with Crippen molar-refractivity contribution in [3.63, 3.8) is 0 Å². The lowest BCUT2D eigenvalue weighted by molar-refractivity contribution is 0.298. The van der Waals surface area contributed by atoms with E-state index in [1.165, 1.54) is 12.7 Å². The Morgan fingerprint density at radius 3 is 1.81 bits per heavy atom. The molecule has 96 valence electrons. The first-order valence-corrected chi connectivity index (χ1v) is 6.90. The molecule has 0 aliphatic carbocycles. The lowest BCUT2D eigenvalue weighted by atomic mass is 9.55. The number of hydrogen-bond donors (Lipinski definition) is 1. The van der Waals surface area contributed by atoms with Crippen LogP contribution in [0.2, 0.25) is 6.32 Å². The molecule has 16 heavy (non-hydrogen) atoms. The monoisotopic (exact) mass is 226 g/mol. The van der Waals surface area contributed by atoms with Crippen LogP contribution in [0.5, 0.6) is 0 Å². The third-order valence-electron chi connectivity index (χ3n) is 3.00. The quantitative estimate of drug-likeness (QED) is 0.640. The lowest BCUT2D eigenvalue weighted by Crippen LogP contribution is -2.53. The van der Waals surface area contributed by atoms with Crippen LogP contribution in [0.15, 0.2) is 0 Å². The summed E-state index contributed by atoms with van der Waals surface area (Å²) in [5.41, 5.74) is 0. The van der Waals surface area contributed by atoms with Gasteiger partial charge in [0.15, 0.2) is 0 Å². The first kappa shape index (κ1) is 16.0. The van der Waals surface area contributed by atoms with Crippen LogP contribution in [-0.4, -0.2) is 36.2 Å². The van der Waals surface area contributed by atoms with E-state index in [1.807, 2.05) is 0 Å². The summed E-state index contributed by atoms with van der Waals surface area (Å²) in [7, 11) is 0. The Balaban J connectivity index is 4.44. The molecule has 0 saturated carbocycles. The second kappa shape index (κ2) is 8.13. The zero-order chi connectivity index (χ0) is 12.7. The van der Waals surface area contributed by atoms with Crippen LogP contribution < -0.4 is 5.32 Å². The van der Waals surface area contributed by atoms with Gasteiger partial charge in [-0.1, -0.05) is 61.2 Å². The molecule has 0 bridgehead atoms. The first-order valence-electron chi connectivity index (χ1n) is 6.90. The fraction of sp³-hybridized carbons (Fsp3) is 1.00. The van der Waals surface area contributed by atoms with Crippen molar-refractivity contribution in [3.8, 4) is 0 Å². The van der Waals surface area contributed by atoms with Crippen LogP contribution >= 0.6 is 0 Å². The second-order valence-corrected chi connectivity index (χ2v) is 5.64. The Kier molecular flexibility index (Phi) is 8.12. The maximum absolute atomic E-state index is 3.58. The van der Waals surface area contributed by atoms with Gasteiger partial charge < -0.3 is 10.1 Å².